The Balaban J connectivity index is 1.67. The van der Waals surface area contributed by atoms with E-state index in [1.54, 1.807) is 43.3 Å². The van der Waals surface area contributed by atoms with Gasteiger partial charge in [-0.3, -0.25) is 4.79 Å². The molecule has 1 aliphatic rings. The third-order valence-corrected chi connectivity index (χ3v) is 5.05. The van der Waals surface area contributed by atoms with Gasteiger partial charge in [0.2, 0.25) is 6.79 Å². The second-order valence-corrected chi connectivity index (χ2v) is 7.02. The van der Waals surface area contributed by atoms with Crippen molar-refractivity contribution in [2.45, 2.75) is 13.0 Å². The van der Waals surface area contributed by atoms with Gasteiger partial charge in [0.15, 0.2) is 11.5 Å². The highest BCUT2D eigenvalue weighted by molar-refractivity contribution is 6.39. The largest absolute Gasteiger partial charge is 0.454 e. The monoisotopic (exact) mass is 429 g/mol. The van der Waals surface area contributed by atoms with Crippen molar-refractivity contribution in [3.8, 4) is 28.8 Å². The molecule has 0 bridgehead atoms. The highest BCUT2D eigenvalue weighted by atomic mass is 35.5. The Morgan fingerprint density at radius 1 is 1.21 bits per heavy atom. The smallest absolute Gasteiger partial charge is 0.258 e. The first-order valence-corrected chi connectivity index (χ1v) is 9.26. The number of nitriles is 1. The predicted molar refractivity (Wildman–Crippen MR) is 105 cm³/mol. The van der Waals surface area contributed by atoms with Crippen LogP contribution in [0.1, 0.15) is 27.7 Å². The van der Waals surface area contributed by atoms with E-state index in [-0.39, 0.29) is 23.8 Å². The molecule has 1 aliphatic heterocycles. The number of rotatable bonds is 4. The number of amides is 1. The second kappa shape index (κ2) is 7.66. The standard InChI is InChI=1S/C20H13Cl2N3O4/c1-10-17(19(25-29-10)18-12(21)3-2-4-13(18)22)20(26)24-14(8-23)11-5-6-15-16(7-11)28-9-27-15/h2-7,14H,9H2,1H3,(H,24,26)/t14-/m0/s1. The number of carbonyl (C=O) groups is 1. The van der Waals surface area contributed by atoms with Gasteiger partial charge < -0.3 is 19.3 Å². The molecule has 0 saturated heterocycles. The number of hydrogen-bond donors (Lipinski definition) is 1. The van der Waals surface area contributed by atoms with E-state index < -0.39 is 11.9 Å². The van der Waals surface area contributed by atoms with Crippen LogP contribution in [0.5, 0.6) is 11.5 Å². The Hall–Kier alpha value is -3.21. The van der Waals surface area contributed by atoms with Crippen LogP contribution in [0.25, 0.3) is 11.3 Å². The molecule has 0 aliphatic carbocycles. The Morgan fingerprint density at radius 3 is 2.66 bits per heavy atom. The lowest BCUT2D eigenvalue weighted by Crippen LogP contribution is -2.28. The van der Waals surface area contributed by atoms with Crippen LogP contribution in [-0.4, -0.2) is 17.9 Å². The number of hydrogen-bond acceptors (Lipinski definition) is 6. The Morgan fingerprint density at radius 2 is 1.93 bits per heavy atom. The van der Waals surface area contributed by atoms with Crippen molar-refractivity contribution < 1.29 is 18.8 Å². The Labute approximate surface area is 175 Å². The molecule has 9 heteroatoms. The number of benzene rings is 2. The summed E-state index contributed by atoms with van der Waals surface area (Å²) in [5.74, 6) is 0.832. The number of ether oxygens (including phenoxy) is 2. The van der Waals surface area contributed by atoms with E-state index in [0.717, 1.165) is 0 Å². The first-order chi connectivity index (χ1) is 14.0. The zero-order valence-electron chi connectivity index (χ0n) is 15.0. The van der Waals surface area contributed by atoms with Gasteiger partial charge in [0.25, 0.3) is 5.91 Å². The SMILES string of the molecule is Cc1onc(-c2c(Cl)cccc2Cl)c1C(=O)N[C@@H](C#N)c1ccc2c(c1)OCO2. The lowest BCUT2D eigenvalue weighted by atomic mass is 10.0. The summed E-state index contributed by atoms with van der Waals surface area (Å²) in [4.78, 5) is 13.0. The van der Waals surface area contributed by atoms with Gasteiger partial charge in [-0.2, -0.15) is 5.26 Å². The van der Waals surface area contributed by atoms with E-state index in [1.807, 2.05) is 0 Å². The van der Waals surface area contributed by atoms with Gasteiger partial charge in [-0.15, -0.1) is 0 Å². The molecular weight excluding hydrogens is 417 g/mol. The van der Waals surface area contributed by atoms with Gasteiger partial charge in [0, 0.05) is 5.56 Å². The highest BCUT2D eigenvalue weighted by Gasteiger charge is 2.27. The molecule has 0 unspecified atom stereocenters. The normalized spacial score (nSPS) is 13.0. The summed E-state index contributed by atoms with van der Waals surface area (Å²) in [6.45, 7) is 1.71. The third kappa shape index (κ3) is 3.48. The topological polar surface area (TPSA) is 97.4 Å². The fraction of sp³-hybridized carbons (Fsp3) is 0.150. The molecule has 2 heterocycles. The Bertz CT molecular complexity index is 1130. The van der Waals surface area contributed by atoms with Crippen molar-refractivity contribution in [1.82, 2.24) is 10.5 Å². The van der Waals surface area contributed by atoms with Crippen molar-refractivity contribution in [2.24, 2.45) is 0 Å². The van der Waals surface area contributed by atoms with Crippen molar-refractivity contribution in [1.29, 1.82) is 5.26 Å². The zero-order valence-corrected chi connectivity index (χ0v) is 16.5. The van der Waals surface area contributed by atoms with Crippen molar-refractivity contribution in [3.05, 3.63) is 63.3 Å². The van der Waals surface area contributed by atoms with Crippen LogP contribution in [0.2, 0.25) is 10.0 Å². The maximum absolute atomic E-state index is 13.0. The minimum Gasteiger partial charge on any atom is -0.454 e. The number of nitrogens with zero attached hydrogens (tertiary/aromatic N) is 2. The summed E-state index contributed by atoms with van der Waals surface area (Å²) in [6, 6.07) is 11.1. The van der Waals surface area contributed by atoms with E-state index in [1.165, 1.54) is 0 Å². The quantitative estimate of drug-likeness (QED) is 0.646. The van der Waals surface area contributed by atoms with E-state index >= 15 is 0 Å². The Kier molecular flexibility index (Phi) is 5.05. The summed E-state index contributed by atoms with van der Waals surface area (Å²) in [7, 11) is 0. The number of fused-ring (bicyclic) bond motifs is 1. The van der Waals surface area contributed by atoms with Gasteiger partial charge in [0.05, 0.1) is 16.1 Å². The minimum absolute atomic E-state index is 0.115. The van der Waals surface area contributed by atoms with Gasteiger partial charge in [0.1, 0.15) is 23.1 Å². The summed E-state index contributed by atoms with van der Waals surface area (Å²) in [5.41, 5.74) is 1.30. The van der Waals surface area contributed by atoms with Crippen LogP contribution in [0, 0.1) is 18.3 Å². The van der Waals surface area contributed by atoms with Crippen molar-refractivity contribution in [2.75, 3.05) is 6.79 Å². The van der Waals surface area contributed by atoms with Crippen molar-refractivity contribution in [3.63, 3.8) is 0 Å². The van der Waals surface area contributed by atoms with Crippen LogP contribution < -0.4 is 14.8 Å². The molecule has 0 saturated carbocycles. The maximum atomic E-state index is 13.0. The number of aryl methyl sites for hydroxylation is 1. The lowest BCUT2D eigenvalue weighted by molar-refractivity contribution is 0.0944. The number of aromatic nitrogens is 1. The molecule has 0 radical (unpaired) electrons. The summed E-state index contributed by atoms with van der Waals surface area (Å²) in [5, 5.41) is 16.9. The zero-order chi connectivity index (χ0) is 20.5. The number of carbonyl (C=O) groups excluding carboxylic acids is 1. The van der Waals surface area contributed by atoms with Crippen LogP contribution in [0.15, 0.2) is 40.9 Å². The van der Waals surface area contributed by atoms with E-state index in [4.69, 9.17) is 37.2 Å². The van der Waals surface area contributed by atoms with Crippen molar-refractivity contribution >= 4 is 29.1 Å². The molecule has 1 amide bonds. The average Bonchev–Trinajstić information content (AvgIpc) is 3.32. The number of nitrogens with one attached hydrogen (secondary N) is 1. The molecule has 4 rings (SSSR count). The fourth-order valence-corrected chi connectivity index (χ4v) is 3.60. The molecule has 1 N–H and O–H groups in total. The van der Waals surface area contributed by atoms with Crippen LogP contribution in [0.4, 0.5) is 0 Å². The molecule has 1 aromatic heterocycles. The molecule has 0 spiro atoms. The molecule has 2 aromatic carbocycles. The third-order valence-electron chi connectivity index (χ3n) is 4.42. The molecule has 1 atom stereocenters. The first kappa shape index (κ1) is 19.1. The maximum Gasteiger partial charge on any atom is 0.258 e. The molecule has 3 aromatic rings. The lowest BCUT2D eigenvalue weighted by Gasteiger charge is -2.13. The molecule has 7 nitrogen and oxygen atoms in total. The van der Waals surface area contributed by atoms with E-state index in [2.05, 4.69) is 16.5 Å². The molecule has 146 valence electrons. The highest BCUT2D eigenvalue weighted by Crippen LogP contribution is 2.37. The van der Waals surface area contributed by atoms with Gasteiger partial charge >= 0.3 is 0 Å². The molecule has 29 heavy (non-hydrogen) atoms. The van der Waals surface area contributed by atoms with Gasteiger partial charge in [-0.1, -0.05) is 40.5 Å². The fourth-order valence-electron chi connectivity index (χ4n) is 3.02. The van der Waals surface area contributed by atoms with Gasteiger partial charge in [-0.05, 0) is 36.8 Å². The van der Waals surface area contributed by atoms with Gasteiger partial charge in [-0.25, -0.2) is 0 Å². The summed E-state index contributed by atoms with van der Waals surface area (Å²) in [6.07, 6.45) is 0. The summed E-state index contributed by atoms with van der Waals surface area (Å²) >= 11 is 12.5. The minimum atomic E-state index is -0.930. The molecular formula is C20H13Cl2N3O4. The van der Waals surface area contributed by atoms with E-state index in [9.17, 15) is 10.1 Å². The van der Waals surface area contributed by atoms with Crippen LogP contribution in [-0.2, 0) is 0 Å². The predicted octanol–water partition coefficient (Wildman–Crippen LogP) is 4.68. The van der Waals surface area contributed by atoms with E-state index in [0.29, 0.717) is 32.7 Å². The van der Waals surface area contributed by atoms with Crippen LogP contribution >= 0.6 is 23.2 Å². The summed E-state index contributed by atoms with van der Waals surface area (Å²) < 4.78 is 15.8. The average molecular weight is 430 g/mol. The first-order valence-electron chi connectivity index (χ1n) is 8.50. The number of halogens is 2. The van der Waals surface area contributed by atoms with Crippen LogP contribution in [0.3, 0.4) is 0 Å². The molecule has 0 fully saturated rings. The second-order valence-electron chi connectivity index (χ2n) is 6.21.